The first kappa shape index (κ1) is 24.3. The molecule has 0 bridgehead atoms. The van der Waals surface area contributed by atoms with Crippen LogP contribution in [0.2, 0.25) is 5.02 Å². The number of carbonyl (C=O) groups excluding carboxylic acids is 1. The van der Waals surface area contributed by atoms with Crippen molar-refractivity contribution in [3.8, 4) is 0 Å². The molecule has 1 unspecified atom stereocenters. The second-order valence-corrected chi connectivity index (χ2v) is 10.5. The van der Waals surface area contributed by atoms with Crippen LogP contribution in [0.1, 0.15) is 31.0 Å². The molecular weight excluding hydrogens is 516 g/mol. The highest BCUT2D eigenvalue weighted by Gasteiger charge is 2.33. The van der Waals surface area contributed by atoms with Crippen LogP contribution in [0.25, 0.3) is 27.6 Å². The lowest BCUT2D eigenvalue weighted by molar-refractivity contribution is -0.139. The van der Waals surface area contributed by atoms with E-state index in [2.05, 4.69) is 35.3 Å². The van der Waals surface area contributed by atoms with Crippen LogP contribution >= 0.6 is 22.9 Å². The van der Waals surface area contributed by atoms with E-state index in [1.165, 1.54) is 11.3 Å². The highest BCUT2D eigenvalue weighted by Crippen LogP contribution is 2.32. The number of hydrogen-bond acceptors (Lipinski definition) is 5. The Kier molecular flexibility index (Phi) is 6.22. The molecular formula is C31H23ClN2O3S. The van der Waals surface area contributed by atoms with Crippen LogP contribution < -0.4 is 14.9 Å². The molecule has 5 aromatic rings. The zero-order valence-corrected chi connectivity index (χ0v) is 22.3. The summed E-state index contributed by atoms with van der Waals surface area (Å²) in [5.74, 6) is -0.483. The summed E-state index contributed by atoms with van der Waals surface area (Å²) in [5, 5.41) is 4.90. The van der Waals surface area contributed by atoms with E-state index in [9.17, 15) is 9.59 Å². The van der Waals surface area contributed by atoms with E-state index in [1.807, 2.05) is 42.5 Å². The van der Waals surface area contributed by atoms with E-state index in [-0.39, 0.29) is 12.2 Å². The van der Waals surface area contributed by atoms with Gasteiger partial charge in [-0.3, -0.25) is 9.36 Å². The molecule has 0 saturated carbocycles. The third kappa shape index (κ3) is 4.06. The molecule has 7 heteroatoms. The van der Waals surface area contributed by atoms with Gasteiger partial charge in [-0.15, -0.1) is 0 Å². The van der Waals surface area contributed by atoms with Crippen LogP contribution in [0.5, 0.6) is 0 Å². The van der Waals surface area contributed by atoms with Gasteiger partial charge in [-0.1, -0.05) is 83.6 Å². The van der Waals surface area contributed by atoms with Crippen LogP contribution in [0.3, 0.4) is 0 Å². The molecule has 6 rings (SSSR count). The summed E-state index contributed by atoms with van der Waals surface area (Å²) in [6.07, 6.45) is 1.96. The zero-order chi connectivity index (χ0) is 26.4. The Hall–Kier alpha value is -4.00. The van der Waals surface area contributed by atoms with Gasteiger partial charge in [-0.25, -0.2) is 9.79 Å². The van der Waals surface area contributed by atoms with Crippen molar-refractivity contribution >= 4 is 56.5 Å². The number of hydrogen-bond donors (Lipinski definition) is 0. The second-order valence-electron chi connectivity index (χ2n) is 9.09. The van der Waals surface area contributed by atoms with Gasteiger partial charge in [0.1, 0.15) is 0 Å². The number of allylic oxidation sites excluding steroid dienone is 1. The van der Waals surface area contributed by atoms with Crippen LogP contribution in [0.15, 0.2) is 99.9 Å². The number of halogens is 1. The Labute approximate surface area is 227 Å². The minimum Gasteiger partial charge on any atom is -0.463 e. The standard InChI is InChI=1S/C31H23ClN2O3S/c1-3-37-30(36)27-18(2)33-31-34(28(27)19-12-14-22(32)15-13-19)29(35)26(38-31)17-25-23-10-6-4-8-20(23)16-21-9-5-7-11-24(21)25/h4-17,28H,3H2,1-2H3. The maximum atomic E-state index is 14.1. The van der Waals surface area contributed by atoms with Crippen LogP contribution in [-0.2, 0) is 9.53 Å². The Balaban J connectivity index is 1.64. The lowest BCUT2D eigenvalue weighted by Crippen LogP contribution is -2.39. The van der Waals surface area contributed by atoms with Crippen molar-refractivity contribution in [1.82, 2.24) is 4.57 Å². The maximum Gasteiger partial charge on any atom is 0.338 e. The molecule has 0 aliphatic carbocycles. The summed E-state index contributed by atoms with van der Waals surface area (Å²) in [7, 11) is 0. The van der Waals surface area contributed by atoms with Gasteiger partial charge in [0, 0.05) is 5.02 Å². The third-order valence-electron chi connectivity index (χ3n) is 6.79. The van der Waals surface area contributed by atoms with Crippen molar-refractivity contribution in [2.45, 2.75) is 19.9 Å². The first-order valence-corrected chi connectivity index (χ1v) is 13.5. The lowest BCUT2D eigenvalue weighted by Gasteiger charge is -2.24. The largest absolute Gasteiger partial charge is 0.463 e. The molecule has 0 radical (unpaired) electrons. The lowest BCUT2D eigenvalue weighted by atomic mass is 9.96. The summed E-state index contributed by atoms with van der Waals surface area (Å²) in [5.41, 5.74) is 2.42. The SMILES string of the molecule is CCOC(=O)C1=C(C)N=c2sc(=Cc3c4ccccc4cc4ccccc34)c(=O)n2C1c1ccc(Cl)cc1. The molecule has 188 valence electrons. The molecule has 1 aliphatic heterocycles. The number of aromatic nitrogens is 1. The Morgan fingerprint density at radius 2 is 1.66 bits per heavy atom. The molecule has 1 aliphatic rings. The summed E-state index contributed by atoms with van der Waals surface area (Å²) in [6, 6.07) is 25.0. The smallest absolute Gasteiger partial charge is 0.338 e. The number of carbonyl (C=O) groups is 1. The molecule has 0 amide bonds. The normalized spacial score (nSPS) is 15.6. The highest BCUT2D eigenvalue weighted by molar-refractivity contribution is 7.07. The predicted octanol–water partition coefficient (Wildman–Crippen LogP) is 5.76. The number of rotatable bonds is 4. The number of ether oxygens (including phenoxy) is 1. The van der Waals surface area contributed by atoms with Crippen molar-refractivity contribution in [3.05, 3.63) is 126 Å². The quantitative estimate of drug-likeness (QED) is 0.216. The van der Waals surface area contributed by atoms with Crippen molar-refractivity contribution in [2.24, 2.45) is 4.99 Å². The molecule has 38 heavy (non-hydrogen) atoms. The average Bonchev–Trinajstić information content (AvgIpc) is 3.22. The van der Waals surface area contributed by atoms with Crippen molar-refractivity contribution in [1.29, 1.82) is 0 Å². The minimum atomic E-state index is -0.672. The monoisotopic (exact) mass is 538 g/mol. The molecule has 5 nitrogen and oxygen atoms in total. The van der Waals surface area contributed by atoms with Crippen molar-refractivity contribution in [2.75, 3.05) is 6.61 Å². The van der Waals surface area contributed by atoms with Crippen LogP contribution in [0.4, 0.5) is 0 Å². The molecule has 0 fully saturated rings. The van der Waals surface area contributed by atoms with E-state index in [0.717, 1.165) is 32.7 Å². The van der Waals surface area contributed by atoms with Crippen LogP contribution in [0, 0.1) is 0 Å². The predicted molar refractivity (Wildman–Crippen MR) is 153 cm³/mol. The fourth-order valence-electron chi connectivity index (χ4n) is 5.09. The first-order chi connectivity index (χ1) is 18.5. The summed E-state index contributed by atoms with van der Waals surface area (Å²) >= 11 is 7.48. The Bertz CT molecular complexity index is 1900. The minimum absolute atomic E-state index is 0.208. The van der Waals surface area contributed by atoms with Crippen molar-refractivity contribution < 1.29 is 9.53 Å². The van der Waals surface area contributed by atoms with E-state index in [4.69, 9.17) is 16.3 Å². The number of benzene rings is 4. The summed E-state index contributed by atoms with van der Waals surface area (Å²) in [6.45, 7) is 3.76. The van der Waals surface area contributed by atoms with Gasteiger partial charge >= 0.3 is 5.97 Å². The topological polar surface area (TPSA) is 60.7 Å². The van der Waals surface area contributed by atoms with E-state index in [0.29, 0.717) is 25.6 Å². The van der Waals surface area contributed by atoms with Gasteiger partial charge in [-0.2, -0.15) is 0 Å². The number of thiazole rings is 1. The Morgan fingerprint density at radius 3 is 2.29 bits per heavy atom. The van der Waals surface area contributed by atoms with E-state index in [1.54, 1.807) is 30.5 Å². The molecule has 0 spiro atoms. The fraction of sp³-hybridized carbons (Fsp3) is 0.129. The average molecular weight is 539 g/mol. The maximum absolute atomic E-state index is 14.1. The third-order valence-corrected chi connectivity index (χ3v) is 8.03. The van der Waals surface area contributed by atoms with Crippen LogP contribution in [-0.4, -0.2) is 17.1 Å². The molecule has 0 saturated heterocycles. The summed E-state index contributed by atoms with van der Waals surface area (Å²) < 4.78 is 7.53. The highest BCUT2D eigenvalue weighted by atomic mass is 35.5. The van der Waals surface area contributed by atoms with Gasteiger partial charge in [0.15, 0.2) is 4.80 Å². The van der Waals surface area contributed by atoms with E-state index >= 15 is 0 Å². The summed E-state index contributed by atoms with van der Waals surface area (Å²) in [4.78, 5) is 32.4. The van der Waals surface area contributed by atoms with E-state index < -0.39 is 12.0 Å². The first-order valence-electron chi connectivity index (χ1n) is 12.3. The zero-order valence-electron chi connectivity index (χ0n) is 20.8. The molecule has 2 heterocycles. The molecule has 1 atom stereocenters. The van der Waals surface area contributed by atoms with Gasteiger partial charge in [0.25, 0.3) is 5.56 Å². The second kappa shape index (κ2) is 9.71. The fourth-order valence-corrected chi connectivity index (χ4v) is 6.24. The molecule has 1 aromatic heterocycles. The number of nitrogens with zero attached hydrogens (tertiary/aromatic N) is 2. The van der Waals surface area contributed by atoms with Crippen molar-refractivity contribution in [3.63, 3.8) is 0 Å². The number of fused-ring (bicyclic) bond motifs is 3. The molecule has 4 aromatic carbocycles. The van der Waals surface area contributed by atoms with Gasteiger partial charge in [0.2, 0.25) is 0 Å². The van der Waals surface area contributed by atoms with Gasteiger partial charge in [-0.05, 0) is 70.8 Å². The van der Waals surface area contributed by atoms with Gasteiger partial charge in [0.05, 0.1) is 28.5 Å². The number of esters is 1. The molecule has 0 N–H and O–H groups in total. The Morgan fingerprint density at radius 1 is 1.03 bits per heavy atom. The van der Waals surface area contributed by atoms with Gasteiger partial charge < -0.3 is 4.74 Å².